The van der Waals surface area contributed by atoms with Crippen LogP contribution in [0.25, 0.3) is 0 Å². The molecule has 0 spiro atoms. The Bertz CT molecular complexity index is 309. The van der Waals surface area contributed by atoms with Crippen molar-refractivity contribution < 1.29 is 4.79 Å². The molecule has 1 aliphatic heterocycles. The van der Waals surface area contributed by atoms with Gasteiger partial charge in [0.1, 0.15) is 12.4 Å². The lowest BCUT2D eigenvalue weighted by Crippen LogP contribution is -2.19. The summed E-state index contributed by atoms with van der Waals surface area (Å²) in [6.07, 6.45) is 2.49. The largest absolute Gasteiger partial charge is 0.304 e. The van der Waals surface area contributed by atoms with Crippen molar-refractivity contribution in [1.29, 1.82) is 0 Å². The maximum absolute atomic E-state index is 10.7. The minimum Gasteiger partial charge on any atom is -0.304 e. The van der Waals surface area contributed by atoms with Crippen LogP contribution >= 0.6 is 11.8 Å². The quantitative estimate of drug-likeness (QED) is 0.638. The number of nitrogens with zero attached hydrogens (tertiary/aromatic N) is 1. The molecule has 3 nitrogen and oxygen atoms in total. The monoisotopic (exact) mass is 194 g/mol. The van der Waals surface area contributed by atoms with Crippen molar-refractivity contribution in [2.24, 2.45) is 10.9 Å². The van der Waals surface area contributed by atoms with Crippen LogP contribution in [-0.4, -0.2) is 23.4 Å². The fourth-order valence-electron chi connectivity index (χ4n) is 0.962. The van der Waals surface area contributed by atoms with Gasteiger partial charge in [-0.3, -0.25) is 9.79 Å². The second kappa shape index (κ2) is 3.84. The minimum atomic E-state index is -0.00565. The highest BCUT2D eigenvalue weighted by Crippen LogP contribution is 2.27. The Morgan fingerprint density at radius 2 is 2.46 bits per heavy atom. The second-order valence-electron chi connectivity index (χ2n) is 3.06. The molecule has 4 heteroatoms. The number of hydrogen-bond acceptors (Lipinski definition) is 3. The van der Waals surface area contributed by atoms with E-state index in [4.69, 9.17) is 0 Å². The summed E-state index contributed by atoms with van der Waals surface area (Å²) >= 11 is 1.25. The van der Waals surface area contributed by atoms with Crippen LogP contribution in [-0.2, 0) is 0 Å². The van der Waals surface area contributed by atoms with E-state index in [1.165, 1.54) is 24.6 Å². The summed E-state index contributed by atoms with van der Waals surface area (Å²) in [4.78, 5) is 14.9. The zero-order valence-electron chi connectivity index (χ0n) is 7.17. The molecule has 13 heavy (non-hydrogen) atoms. The van der Waals surface area contributed by atoms with E-state index in [2.05, 4.69) is 22.2 Å². The first-order valence-corrected chi connectivity index (χ1v) is 5.28. The average Bonchev–Trinajstić information content (AvgIpc) is 2.84. The Hall–Kier alpha value is -0.950. The third-order valence-corrected chi connectivity index (χ3v) is 2.60. The number of amides is 1. The fourth-order valence-corrected chi connectivity index (χ4v) is 1.58. The number of nitrogens with one attached hydrogen (secondary N) is 1. The summed E-state index contributed by atoms with van der Waals surface area (Å²) in [5.41, 5.74) is 0. The van der Waals surface area contributed by atoms with E-state index in [-0.39, 0.29) is 5.24 Å². The van der Waals surface area contributed by atoms with Gasteiger partial charge in [-0.15, -0.1) is 0 Å². The Kier molecular flexibility index (Phi) is 2.55. The van der Waals surface area contributed by atoms with Crippen LogP contribution in [0.15, 0.2) is 4.99 Å². The Morgan fingerprint density at radius 3 is 3.08 bits per heavy atom. The number of rotatable bonds is 1. The smallest absolute Gasteiger partial charge is 0.284 e. The van der Waals surface area contributed by atoms with Crippen molar-refractivity contribution in [2.75, 3.05) is 12.3 Å². The van der Waals surface area contributed by atoms with Crippen molar-refractivity contribution in [1.82, 2.24) is 5.32 Å². The Morgan fingerprint density at radius 1 is 1.62 bits per heavy atom. The molecule has 0 aromatic carbocycles. The third kappa shape index (κ3) is 2.78. The van der Waals surface area contributed by atoms with Crippen molar-refractivity contribution in [3.8, 4) is 11.8 Å². The van der Waals surface area contributed by atoms with Crippen LogP contribution in [0.5, 0.6) is 0 Å². The van der Waals surface area contributed by atoms with Crippen molar-refractivity contribution in [2.45, 2.75) is 12.8 Å². The first-order chi connectivity index (χ1) is 6.34. The maximum Gasteiger partial charge on any atom is 0.284 e. The Labute approximate surface area is 81.4 Å². The third-order valence-electron chi connectivity index (χ3n) is 1.82. The molecule has 1 saturated heterocycles. The fraction of sp³-hybridized carbons (Fsp3) is 0.556. The Balaban J connectivity index is 1.77. The van der Waals surface area contributed by atoms with E-state index in [1.54, 1.807) is 0 Å². The normalized spacial score (nSPS) is 24.0. The van der Waals surface area contributed by atoms with E-state index in [0.717, 1.165) is 5.84 Å². The zero-order chi connectivity index (χ0) is 9.10. The molecule has 0 atom stereocenters. The first-order valence-electron chi connectivity index (χ1n) is 4.30. The zero-order valence-corrected chi connectivity index (χ0v) is 7.99. The van der Waals surface area contributed by atoms with E-state index >= 15 is 0 Å². The van der Waals surface area contributed by atoms with Gasteiger partial charge in [0.2, 0.25) is 0 Å². The number of thioether (sulfide) groups is 1. The van der Waals surface area contributed by atoms with Crippen LogP contribution in [0, 0.1) is 17.8 Å². The van der Waals surface area contributed by atoms with E-state index in [1.807, 2.05) is 0 Å². The molecular weight excluding hydrogens is 184 g/mol. The predicted octanol–water partition coefficient (Wildman–Crippen LogP) is 1.25. The van der Waals surface area contributed by atoms with Crippen molar-refractivity contribution in [3.63, 3.8) is 0 Å². The standard InChI is InChI=1S/C9H10N2OS/c12-9-11-8(6-13-9)10-5-1-2-7-3-4-7/h7H,3-6H2,(H,10,11,12). The molecule has 0 radical (unpaired) electrons. The highest BCUT2D eigenvalue weighted by atomic mass is 32.2. The molecular formula is C9H10N2OS. The number of amidine groups is 1. The molecule has 0 bridgehead atoms. The van der Waals surface area contributed by atoms with Gasteiger partial charge in [0.15, 0.2) is 0 Å². The van der Waals surface area contributed by atoms with Crippen molar-refractivity contribution >= 4 is 22.8 Å². The lowest BCUT2D eigenvalue weighted by Gasteiger charge is -1.90. The van der Waals surface area contributed by atoms with Gasteiger partial charge in [-0.2, -0.15) is 0 Å². The van der Waals surface area contributed by atoms with E-state index in [9.17, 15) is 4.79 Å². The highest BCUT2D eigenvalue weighted by Gasteiger charge is 2.17. The number of carbonyl (C=O) groups excluding carboxylic acids is 1. The van der Waals surface area contributed by atoms with Crippen LogP contribution < -0.4 is 5.32 Å². The minimum absolute atomic E-state index is 0.00565. The van der Waals surface area contributed by atoms with Crippen molar-refractivity contribution in [3.05, 3.63) is 0 Å². The maximum atomic E-state index is 10.7. The van der Waals surface area contributed by atoms with Gasteiger partial charge < -0.3 is 5.32 Å². The number of aliphatic imine (C=N–C) groups is 1. The molecule has 2 aliphatic rings. The highest BCUT2D eigenvalue weighted by molar-refractivity contribution is 8.14. The van der Waals surface area contributed by atoms with Gasteiger partial charge in [-0.1, -0.05) is 23.6 Å². The summed E-state index contributed by atoms with van der Waals surface area (Å²) in [7, 11) is 0. The SMILES string of the molecule is O=C1NC(=NCC#CC2CC2)CS1. The average molecular weight is 194 g/mol. The topological polar surface area (TPSA) is 41.5 Å². The van der Waals surface area contributed by atoms with Crippen LogP contribution in [0.2, 0.25) is 0 Å². The number of hydrogen-bond donors (Lipinski definition) is 1. The summed E-state index contributed by atoms with van der Waals surface area (Å²) in [6.45, 7) is 0.521. The lowest BCUT2D eigenvalue weighted by molar-refractivity contribution is 0.265. The van der Waals surface area contributed by atoms with Gasteiger partial charge in [-0.25, -0.2) is 0 Å². The number of carbonyl (C=O) groups is 1. The summed E-state index contributed by atoms with van der Waals surface area (Å²) in [6, 6.07) is 0. The van der Waals surface area contributed by atoms with Crippen LogP contribution in [0.1, 0.15) is 12.8 Å². The van der Waals surface area contributed by atoms with Gasteiger partial charge in [0.05, 0.1) is 5.75 Å². The molecule has 0 aromatic rings. The summed E-state index contributed by atoms with van der Waals surface area (Å²) in [5, 5.41) is 2.66. The van der Waals surface area contributed by atoms with Crippen LogP contribution in [0.4, 0.5) is 4.79 Å². The molecule has 2 fully saturated rings. The lowest BCUT2D eigenvalue weighted by atomic mass is 10.4. The molecule has 1 N–H and O–H groups in total. The molecule has 0 unspecified atom stereocenters. The van der Waals surface area contributed by atoms with Gasteiger partial charge in [-0.05, 0) is 12.8 Å². The first kappa shape index (κ1) is 8.64. The van der Waals surface area contributed by atoms with Crippen LogP contribution in [0.3, 0.4) is 0 Å². The predicted molar refractivity (Wildman–Crippen MR) is 53.8 cm³/mol. The summed E-state index contributed by atoms with van der Waals surface area (Å²) < 4.78 is 0. The van der Waals surface area contributed by atoms with Gasteiger partial charge >= 0.3 is 0 Å². The molecule has 68 valence electrons. The molecule has 2 rings (SSSR count). The molecule has 1 saturated carbocycles. The summed E-state index contributed by atoms with van der Waals surface area (Å²) in [5.74, 6) is 8.17. The van der Waals surface area contributed by atoms with Gasteiger partial charge in [0, 0.05) is 5.92 Å². The second-order valence-corrected chi connectivity index (χ2v) is 4.01. The molecule has 1 amide bonds. The van der Waals surface area contributed by atoms with E-state index < -0.39 is 0 Å². The molecule has 1 heterocycles. The molecule has 1 aliphatic carbocycles. The van der Waals surface area contributed by atoms with E-state index in [0.29, 0.717) is 18.2 Å². The van der Waals surface area contributed by atoms with Gasteiger partial charge in [0.25, 0.3) is 5.24 Å². The molecule has 0 aromatic heterocycles.